The second-order valence-corrected chi connectivity index (χ2v) is 4.63. The molecule has 88 valence electrons. The molecule has 3 N–H and O–H groups in total. The molecule has 1 aliphatic rings. The van der Waals surface area contributed by atoms with Gasteiger partial charge in [0.25, 0.3) is 0 Å². The minimum absolute atomic E-state index is 0.0173. The van der Waals surface area contributed by atoms with Crippen LogP contribution in [0, 0.1) is 0 Å². The number of amides is 1. The van der Waals surface area contributed by atoms with E-state index in [1.807, 2.05) is 18.2 Å². The molecule has 0 atom stereocenters. The summed E-state index contributed by atoms with van der Waals surface area (Å²) in [6.45, 7) is 0. The van der Waals surface area contributed by atoms with Gasteiger partial charge in [-0.15, -0.1) is 0 Å². The van der Waals surface area contributed by atoms with E-state index in [-0.39, 0.29) is 5.91 Å². The SMILES string of the molecule is CN(N)C(=O)C1(c2ccc3nc[nH]c3c2)CC1. The van der Waals surface area contributed by atoms with E-state index in [2.05, 4.69) is 9.97 Å². The van der Waals surface area contributed by atoms with Crippen LogP contribution in [0.5, 0.6) is 0 Å². The number of aromatic nitrogens is 2. The molecule has 3 rings (SSSR count). The zero-order valence-corrected chi connectivity index (χ0v) is 9.60. The molecule has 1 saturated carbocycles. The van der Waals surface area contributed by atoms with E-state index in [0.29, 0.717) is 0 Å². The van der Waals surface area contributed by atoms with Crippen LogP contribution in [0.25, 0.3) is 11.0 Å². The number of benzene rings is 1. The quantitative estimate of drug-likeness (QED) is 0.458. The van der Waals surface area contributed by atoms with E-state index in [4.69, 9.17) is 5.84 Å². The fourth-order valence-corrected chi connectivity index (χ4v) is 2.32. The molecule has 1 aromatic carbocycles. The Hall–Kier alpha value is -1.88. The largest absolute Gasteiger partial charge is 0.345 e. The predicted octanol–water partition coefficient (Wildman–Crippen LogP) is 0.927. The van der Waals surface area contributed by atoms with Crippen molar-refractivity contribution in [2.45, 2.75) is 18.3 Å². The van der Waals surface area contributed by atoms with Gasteiger partial charge in [0, 0.05) is 7.05 Å². The van der Waals surface area contributed by atoms with Gasteiger partial charge in [0.1, 0.15) is 0 Å². The van der Waals surface area contributed by atoms with Crippen molar-refractivity contribution in [1.82, 2.24) is 15.0 Å². The third-order valence-electron chi connectivity index (χ3n) is 3.45. The van der Waals surface area contributed by atoms with Gasteiger partial charge in [0.15, 0.2) is 0 Å². The molecule has 5 heteroatoms. The van der Waals surface area contributed by atoms with Crippen LogP contribution in [0.2, 0.25) is 0 Å². The maximum absolute atomic E-state index is 12.1. The number of nitrogens with two attached hydrogens (primary N) is 1. The number of carbonyl (C=O) groups excluding carboxylic acids is 1. The molecule has 1 fully saturated rings. The Morgan fingerprint density at radius 1 is 1.53 bits per heavy atom. The molecular weight excluding hydrogens is 216 g/mol. The number of hydrazine groups is 1. The van der Waals surface area contributed by atoms with Crippen molar-refractivity contribution in [3.8, 4) is 0 Å². The van der Waals surface area contributed by atoms with Crippen molar-refractivity contribution in [2.75, 3.05) is 7.05 Å². The minimum atomic E-state index is -0.400. The summed E-state index contributed by atoms with van der Waals surface area (Å²) in [7, 11) is 1.59. The summed E-state index contributed by atoms with van der Waals surface area (Å²) in [6.07, 6.45) is 3.39. The van der Waals surface area contributed by atoms with Crippen LogP contribution in [0.1, 0.15) is 18.4 Å². The Morgan fingerprint density at radius 3 is 2.94 bits per heavy atom. The number of carbonyl (C=O) groups is 1. The van der Waals surface area contributed by atoms with E-state index in [1.165, 1.54) is 5.01 Å². The summed E-state index contributed by atoms with van der Waals surface area (Å²) >= 11 is 0. The van der Waals surface area contributed by atoms with Gasteiger partial charge < -0.3 is 4.98 Å². The number of aromatic amines is 1. The zero-order chi connectivity index (χ0) is 12.0. The summed E-state index contributed by atoms with van der Waals surface area (Å²) in [6, 6.07) is 5.90. The number of imidazole rings is 1. The van der Waals surface area contributed by atoms with Crippen molar-refractivity contribution >= 4 is 16.9 Å². The first-order chi connectivity index (χ1) is 8.13. The lowest BCUT2D eigenvalue weighted by atomic mass is 9.94. The van der Waals surface area contributed by atoms with Gasteiger partial charge in [-0.05, 0) is 30.5 Å². The fourth-order valence-electron chi connectivity index (χ4n) is 2.32. The average molecular weight is 230 g/mol. The van der Waals surface area contributed by atoms with Crippen molar-refractivity contribution in [3.05, 3.63) is 30.1 Å². The predicted molar refractivity (Wildman–Crippen MR) is 64.0 cm³/mol. The maximum atomic E-state index is 12.1. The Balaban J connectivity index is 2.06. The van der Waals surface area contributed by atoms with Crippen molar-refractivity contribution in [3.63, 3.8) is 0 Å². The molecular formula is C12H14N4O. The van der Waals surface area contributed by atoms with E-state index < -0.39 is 5.41 Å². The van der Waals surface area contributed by atoms with Crippen LogP contribution >= 0.6 is 0 Å². The summed E-state index contributed by atoms with van der Waals surface area (Å²) < 4.78 is 0. The van der Waals surface area contributed by atoms with Crippen LogP contribution in [0.4, 0.5) is 0 Å². The number of fused-ring (bicyclic) bond motifs is 1. The van der Waals surface area contributed by atoms with Gasteiger partial charge >= 0.3 is 0 Å². The van der Waals surface area contributed by atoms with Crippen LogP contribution < -0.4 is 5.84 Å². The molecule has 0 radical (unpaired) electrons. The van der Waals surface area contributed by atoms with E-state index >= 15 is 0 Å². The van der Waals surface area contributed by atoms with Gasteiger partial charge in [0.2, 0.25) is 5.91 Å². The van der Waals surface area contributed by atoms with Crippen LogP contribution in [0.3, 0.4) is 0 Å². The molecule has 0 bridgehead atoms. The molecule has 1 aromatic heterocycles. The highest BCUT2D eigenvalue weighted by atomic mass is 16.2. The number of H-pyrrole nitrogens is 1. The smallest absolute Gasteiger partial charge is 0.246 e. The minimum Gasteiger partial charge on any atom is -0.345 e. The fraction of sp³-hybridized carbons (Fsp3) is 0.333. The molecule has 2 aromatic rings. The number of hydrogen-bond donors (Lipinski definition) is 2. The molecule has 0 aliphatic heterocycles. The van der Waals surface area contributed by atoms with Crippen LogP contribution in [-0.4, -0.2) is 27.9 Å². The molecule has 1 aliphatic carbocycles. The summed E-state index contributed by atoms with van der Waals surface area (Å²) in [4.78, 5) is 19.3. The van der Waals surface area contributed by atoms with E-state index in [0.717, 1.165) is 29.4 Å². The molecule has 0 spiro atoms. The highest BCUT2D eigenvalue weighted by Crippen LogP contribution is 2.49. The second kappa shape index (κ2) is 3.30. The molecule has 5 nitrogen and oxygen atoms in total. The number of hydrogen-bond acceptors (Lipinski definition) is 3. The monoisotopic (exact) mass is 230 g/mol. The number of rotatable bonds is 2. The normalized spacial score (nSPS) is 17.1. The van der Waals surface area contributed by atoms with Gasteiger partial charge in [-0.1, -0.05) is 6.07 Å². The second-order valence-electron chi connectivity index (χ2n) is 4.63. The van der Waals surface area contributed by atoms with Gasteiger partial charge in [-0.2, -0.15) is 0 Å². The van der Waals surface area contributed by atoms with Gasteiger partial charge in [-0.3, -0.25) is 9.80 Å². The first-order valence-corrected chi connectivity index (χ1v) is 5.60. The standard InChI is InChI=1S/C12H14N4O/c1-16(13)11(17)12(4-5-12)8-2-3-9-10(6-8)15-7-14-9/h2-3,6-7H,4-5,13H2,1H3,(H,14,15). The highest BCUT2D eigenvalue weighted by molar-refractivity contribution is 5.92. The molecule has 0 unspecified atom stereocenters. The molecule has 1 amide bonds. The third-order valence-corrected chi connectivity index (χ3v) is 3.45. The lowest BCUT2D eigenvalue weighted by Crippen LogP contribution is -2.41. The summed E-state index contributed by atoms with van der Waals surface area (Å²) in [5.41, 5.74) is 2.50. The maximum Gasteiger partial charge on any atom is 0.246 e. The van der Waals surface area contributed by atoms with Crippen LogP contribution in [0.15, 0.2) is 24.5 Å². The van der Waals surface area contributed by atoms with Crippen molar-refractivity contribution in [2.24, 2.45) is 5.84 Å². The number of likely N-dealkylation sites (N-methyl/N-ethyl adjacent to an activating group) is 1. The topological polar surface area (TPSA) is 75.0 Å². The lowest BCUT2D eigenvalue weighted by molar-refractivity contribution is -0.132. The number of nitrogens with one attached hydrogen (secondary N) is 1. The molecule has 0 saturated heterocycles. The zero-order valence-electron chi connectivity index (χ0n) is 9.60. The van der Waals surface area contributed by atoms with Crippen LogP contribution in [-0.2, 0) is 10.2 Å². The van der Waals surface area contributed by atoms with Crippen molar-refractivity contribution < 1.29 is 4.79 Å². The Labute approximate surface area is 98.6 Å². The van der Waals surface area contributed by atoms with E-state index in [9.17, 15) is 4.79 Å². The number of nitrogens with zero attached hydrogens (tertiary/aromatic N) is 2. The third kappa shape index (κ3) is 1.43. The Morgan fingerprint density at radius 2 is 2.29 bits per heavy atom. The first kappa shape index (κ1) is 10.3. The first-order valence-electron chi connectivity index (χ1n) is 5.60. The van der Waals surface area contributed by atoms with E-state index in [1.54, 1.807) is 13.4 Å². The molecule has 17 heavy (non-hydrogen) atoms. The summed E-state index contributed by atoms with van der Waals surface area (Å²) in [5.74, 6) is 5.54. The van der Waals surface area contributed by atoms with Gasteiger partial charge in [-0.25, -0.2) is 10.8 Å². The average Bonchev–Trinajstić information content (AvgIpc) is 2.99. The Kier molecular flexibility index (Phi) is 2.00. The highest BCUT2D eigenvalue weighted by Gasteiger charge is 2.52. The summed E-state index contributed by atoms with van der Waals surface area (Å²) in [5, 5.41) is 1.18. The lowest BCUT2D eigenvalue weighted by Gasteiger charge is -2.19. The van der Waals surface area contributed by atoms with Gasteiger partial charge in [0.05, 0.1) is 22.8 Å². The molecule has 1 heterocycles. The van der Waals surface area contributed by atoms with Crippen molar-refractivity contribution in [1.29, 1.82) is 0 Å². The Bertz CT molecular complexity index is 583.